The smallest absolute Gasteiger partial charge is 0.204 e. The number of rotatable bonds is 4. The molecule has 1 aromatic carbocycles. The first kappa shape index (κ1) is 14.4. The number of thiophene rings is 1. The number of halogens is 1. The van der Waals surface area contributed by atoms with Gasteiger partial charge in [-0.15, -0.1) is 22.7 Å². The van der Waals surface area contributed by atoms with Crippen LogP contribution in [-0.4, -0.2) is 11.2 Å². The summed E-state index contributed by atoms with van der Waals surface area (Å²) in [6.45, 7) is 2.08. The molecule has 1 N–H and O–H groups in total. The van der Waals surface area contributed by atoms with Gasteiger partial charge in [-0.25, -0.2) is 4.98 Å². The topological polar surface area (TPSA) is 37.3 Å². The Morgan fingerprint density at radius 3 is 2.76 bits per heavy atom. The summed E-state index contributed by atoms with van der Waals surface area (Å²) in [5, 5.41) is 7.11. The molecule has 21 heavy (non-hydrogen) atoms. The van der Waals surface area contributed by atoms with E-state index < -0.39 is 0 Å². The van der Waals surface area contributed by atoms with Crippen molar-refractivity contribution < 1.29 is 0 Å². The maximum atomic E-state index is 4.59. The van der Waals surface area contributed by atoms with Crippen LogP contribution in [0, 0.1) is 6.92 Å². The maximum absolute atomic E-state index is 4.59. The molecule has 0 atom stereocenters. The van der Waals surface area contributed by atoms with Gasteiger partial charge in [0.05, 0.1) is 16.8 Å². The van der Waals surface area contributed by atoms with Crippen molar-refractivity contribution in [3.63, 3.8) is 0 Å². The standard InChI is InChI=1S/C15H12BrN3S2/c1-10-14(13-3-2-8-20-13)18-15(21-10)19-17-9-11-4-6-12(16)7-5-11/h2-9H,1H3,(H,18,19)/b17-9-. The number of aromatic nitrogens is 1. The minimum atomic E-state index is 0.810. The van der Waals surface area contributed by atoms with E-state index in [1.807, 2.05) is 30.3 Å². The Kier molecular flexibility index (Phi) is 4.48. The molecule has 3 aromatic rings. The largest absolute Gasteiger partial charge is 0.253 e. The Morgan fingerprint density at radius 2 is 2.05 bits per heavy atom. The normalized spacial score (nSPS) is 11.1. The number of benzene rings is 1. The van der Waals surface area contributed by atoms with Crippen LogP contribution in [0.5, 0.6) is 0 Å². The van der Waals surface area contributed by atoms with Crippen molar-refractivity contribution in [2.45, 2.75) is 6.92 Å². The Bertz CT molecular complexity index is 746. The third-order valence-corrected chi connectivity index (χ3v) is 5.08. The van der Waals surface area contributed by atoms with E-state index in [0.717, 1.165) is 20.9 Å². The Balaban J connectivity index is 1.71. The summed E-state index contributed by atoms with van der Waals surface area (Å²) >= 11 is 6.72. The van der Waals surface area contributed by atoms with Crippen LogP contribution in [0.3, 0.4) is 0 Å². The summed E-state index contributed by atoms with van der Waals surface area (Å²) < 4.78 is 1.06. The highest BCUT2D eigenvalue weighted by Gasteiger charge is 2.09. The Hall–Kier alpha value is -1.50. The summed E-state index contributed by atoms with van der Waals surface area (Å²) in [7, 11) is 0. The lowest BCUT2D eigenvalue weighted by Crippen LogP contribution is -1.89. The lowest BCUT2D eigenvalue weighted by Gasteiger charge is -1.95. The molecule has 2 aromatic heterocycles. The molecule has 2 heterocycles. The fraction of sp³-hybridized carbons (Fsp3) is 0.0667. The number of hydrazone groups is 1. The van der Waals surface area contributed by atoms with E-state index in [9.17, 15) is 0 Å². The third kappa shape index (κ3) is 3.58. The van der Waals surface area contributed by atoms with Crippen molar-refractivity contribution >= 4 is 49.9 Å². The second-order valence-corrected chi connectivity index (χ2v) is 7.39. The quantitative estimate of drug-likeness (QED) is 0.488. The highest BCUT2D eigenvalue weighted by Crippen LogP contribution is 2.32. The number of thiazole rings is 1. The number of nitrogens with one attached hydrogen (secondary N) is 1. The summed E-state index contributed by atoms with van der Waals surface area (Å²) in [5.74, 6) is 0. The lowest BCUT2D eigenvalue weighted by atomic mass is 10.2. The van der Waals surface area contributed by atoms with Gasteiger partial charge in [0.25, 0.3) is 0 Å². The fourth-order valence-electron chi connectivity index (χ4n) is 1.80. The first-order valence-corrected chi connectivity index (χ1v) is 8.77. The zero-order chi connectivity index (χ0) is 14.7. The number of hydrogen-bond acceptors (Lipinski definition) is 5. The number of hydrogen-bond donors (Lipinski definition) is 1. The predicted molar refractivity (Wildman–Crippen MR) is 95.5 cm³/mol. The van der Waals surface area contributed by atoms with E-state index in [2.05, 4.69) is 49.8 Å². The van der Waals surface area contributed by atoms with Gasteiger partial charge in [-0.2, -0.15) is 5.10 Å². The van der Waals surface area contributed by atoms with Crippen LogP contribution in [0.2, 0.25) is 0 Å². The molecule has 0 aliphatic rings. The molecule has 3 rings (SSSR count). The number of nitrogens with zero attached hydrogens (tertiary/aromatic N) is 2. The van der Waals surface area contributed by atoms with E-state index in [4.69, 9.17) is 0 Å². The molecule has 0 aliphatic carbocycles. The van der Waals surface area contributed by atoms with Crippen molar-refractivity contribution in [2.75, 3.05) is 5.43 Å². The first-order chi connectivity index (χ1) is 10.2. The van der Waals surface area contributed by atoms with Crippen LogP contribution in [-0.2, 0) is 0 Å². The van der Waals surface area contributed by atoms with Crippen LogP contribution >= 0.6 is 38.6 Å². The van der Waals surface area contributed by atoms with Crippen LogP contribution in [0.25, 0.3) is 10.6 Å². The van der Waals surface area contributed by atoms with Gasteiger partial charge in [-0.3, -0.25) is 5.43 Å². The molecule has 0 bridgehead atoms. The second kappa shape index (κ2) is 6.51. The zero-order valence-corrected chi connectivity index (χ0v) is 14.4. The molecule has 0 fully saturated rings. The maximum Gasteiger partial charge on any atom is 0.204 e. The minimum Gasteiger partial charge on any atom is -0.253 e. The summed E-state index contributed by atoms with van der Waals surface area (Å²) in [6, 6.07) is 12.1. The summed E-state index contributed by atoms with van der Waals surface area (Å²) in [4.78, 5) is 6.98. The van der Waals surface area contributed by atoms with Gasteiger partial charge in [-0.1, -0.05) is 34.1 Å². The Labute approximate surface area is 139 Å². The van der Waals surface area contributed by atoms with Crippen molar-refractivity contribution in [3.8, 4) is 10.6 Å². The first-order valence-electron chi connectivity index (χ1n) is 6.28. The lowest BCUT2D eigenvalue weighted by molar-refractivity contribution is 1.29. The van der Waals surface area contributed by atoms with E-state index in [0.29, 0.717) is 0 Å². The molecule has 0 aliphatic heterocycles. The molecular weight excluding hydrogens is 366 g/mol. The van der Waals surface area contributed by atoms with E-state index >= 15 is 0 Å². The number of anilines is 1. The second-order valence-electron chi connectivity index (χ2n) is 4.32. The third-order valence-electron chi connectivity index (χ3n) is 2.79. The van der Waals surface area contributed by atoms with Crippen LogP contribution in [0.15, 0.2) is 51.4 Å². The number of aryl methyl sites for hydroxylation is 1. The molecule has 0 amide bonds. The van der Waals surface area contributed by atoms with Crippen molar-refractivity contribution in [1.82, 2.24) is 4.98 Å². The molecule has 0 saturated carbocycles. The minimum absolute atomic E-state index is 0.810. The molecule has 0 spiro atoms. The predicted octanol–water partition coefficient (Wildman–Crippen LogP) is 5.39. The van der Waals surface area contributed by atoms with Crippen LogP contribution < -0.4 is 5.43 Å². The van der Waals surface area contributed by atoms with Crippen molar-refractivity contribution in [2.24, 2.45) is 5.10 Å². The van der Waals surface area contributed by atoms with Crippen LogP contribution in [0.4, 0.5) is 5.13 Å². The van der Waals surface area contributed by atoms with Crippen molar-refractivity contribution in [3.05, 3.63) is 56.7 Å². The molecule has 0 unspecified atom stereocenters. The molecule has 0 saturated heterocycles. The van der Waals surface area contributed by atoms with E-state index in [1.54, 1.807) is 28.9 Å². The van der Waals surface area contributed by atoms with Gasteiger partial charge in [0.1, 0.15) is 0 Å². The van der Waals surface area contributed by atoms with Crippen LogP contribution in [0.1, 0.15) is 10.4 Å². The zero-order valence-electron chi connectivity index (χ0n) is 11.2. The van der Waals surface area contributed by atoms with Crippen molar-refractivity contribution in [1.29, 1.82) is 0 Å². The summed E-state index contributed by atoms with van der Waals surface area (Å²) in [6.07, 6.45) is 1.79. The highest BCUT2D eigenvalue weighted by atomic mass is 79.9. The van der Waals surface area contributed by atoms with Gasteiger partial charge in [0, 0.05) is 9.35 Å². The Morgan fingerprint density at radius 1 is 1.24 bits per heavy atom. The van der Waals surface area contributed by atoms with E-state index in [-0.39, 0.29) is 0 Å². The monoisotopic (exact) mass is 377 g/mol. The van der Waals surface area contributed by atoms with Gasteiger partial charge in [-0.05, 0) is 36.1 Å². The molecule has 6 heteroatoms. The SMILES string of the molecule is Cc1sc(N/N=C\c2ccc(Br)cc2)nc1-c1cccs1. The molecule has 0 radical (unpaired) electrons. The van der Waals surface area contributed by atoms with E-state index in [1.165, 1.54) is 9.75 Å². The molecular formula is C15H12BrN3S2. The summed E-state index contributed by atoms with van der Waals surface area (Å²) in [5.41, 5.74) is 5.08. The fourth-order valence-corrected chi connectivity index (χ4v) is 3.67. The van der Waals surface area contributed by atoms with Gasteiger partial charge >= 0.3 is 0 Å². The average molecular weight is 378 g/mol. The molecule has 106 valence electrons. The average Bonchev–Trinajstić information content (AvgIpc) is 3.10. The van der Waals surface area contributed by atoms with Gasteiger partial charge < -0.3 is 0 Å². The highest BCUT2D eigenvalue weighted by molar-refractivity contribution is 9.10. The van der Waals surface area contributed by atoms with Gasteiger partial charge in [0.2, 0.25) is 5.13 Å². The van der Waals surface area contributed by atoms with Gasteiger partial charge in [0.15, 0.2) is 0 Å². The molecule has 3 nitrogen and oxygen atoms in total.